The molecule has 1 aliphatic heterocycles. The summed E-state index contributed by atoms with van der Waals surface area (Å²) in [6, 6.07) is 6.99. The number of benzene rings is 1. The lowest BCUT2D eigenvalue weighted by molar-refractivity contribution is -0.570. The zero-order chi connectivity index (χ0) is 16.8. The van der Waals surface area contributed by atoms with Crippen LogP contribution in [-0.4, -0.2) is 24.0 Å². The lowest BCUT2D eigenvalue weighted by Crippen LogP contribution is -2.28. The number of ether oxygens (including phenoxy) is 2. The highest BCUT2D eigenvalue weighted by Crippen LogP contribution is 2.48. The Morgan fingerprint density at radius 2 is 1.91 bits per heavy atom. The van der Waals surface area contributed by atoms with Gasteiger partial charge in [0.05, 0.1) is 17.6 Å². The topological polar surface area (TPSA) is 78.7 Å². The predicted molar refractivity (Wildman–Crippen MR) is 82.7 cm³/mol. The van der Waals surface area contributed by atoms with Crippen LogP contribution in [0.25, 0.3) is 0 Å². The summed E-state index contributed by atoms with van der Waals surface area (Å²) < 4.78 is 10.7. The second-order valence-electron chi connectivity index (χ2n) is 6.82. The largest absolute Gasteiger partial charge is 0.497 e. The number of carbonyl (C=O) groups excluding carboxylic acids is 1. The lowest BCUT2D eigenvalue weighted by atomic mass is 9.73. The molecular formula is C17H19NO5. The summed E-state index contributed by atoms with van der Waals surface area (Å²) >= 11 is 0. The maximum atomic E-state index is 12.6. The van der Waals surface area contributed by atoms with Crippen LogP contribution in [0.3, 0.4) is 0 Å². The molecule has 6 nitrogen and oxygen atoms in total. The van der Waals surface area contributed by atoms with E-state index in [1.54, 1.807) is 31.4 Å². The Hall–Kier alpha value is -2.37. The van der Waals surface area contributed by atoms with Crippen LogP contribution in [0.2, 0.25) is 0 Å². The summed E-state index contributed by atoms with van der Waals surface area (Å²) in [5.74, 6) is 0.431. The van der Waals surface area contributed by atoms with Gasteiger partial charge in [-0.2, -0.15) is 0 Å². The Morgan fingerprint density at radius 1 is 1.26 bits per heavy atom. The van der Waals surface area contributed by atoms with Crippen molar-refractivity contribution >= 4 is 5.78 Å². The molecule has 6 heteroatoms. The molecule has 0 aromatic heterocycles. The van der Waals surface area contributed by atoms with Crippen LogP contribution in [0.4, 0.5) is 0 Å². The van der Waals surface area contributed by atoms with Gasteiger partial charge in [0.25, 0.3) is 0 Å². The average molecular weight is 317 g/mol. The van der Waals surface area contributed by atoms with Gasteiger partial charge in [0.2, 0.25) is 0 Å². The first-order chi connectivity index (χ1) is 10.8. The average Bonchev–Trinajstić information content (AvgIpc) is 2.85. The molecular weight excluding hydrogens is 298 g/mol. The monoisotopic (exact) mass is 317 g/mol. The standard InChI is InChI=1S/C17H19NO5/c1-17(2)8-12(19)15-13(9-17)23-16(18(20)21)14(15)10-4-6-11(22-3)7-5-10/h4-7,14,16H,8-9H2,1-3H3. The highest BCUT2D eigenvalue weighted by molar-refractivity contribution is 5.99. The second kappa shape index (κ2) is 5.37. The van der Waals surface area contributed by atoms with Crippen molar-refractivity contribution in [1.82, 2.24) is 0 Å². The second-order valence-corrected chi connectivity index (χ2v) is 6.82. The number of Topliss-reactive ketones (excluding diaryl/α,β-unsaturated/α-hetero) is 1. The van der Waals surface area contributed by atoms with E-state index < -0.39 is 17.1 Å². The normalized spacial score (nSPS) is 25.8. The van der Waals surface area contributed by atoms with Crippen molar-refractivity contribution in [2.75, 3.05) is 7.11 Å². The maximum Gasteiger partial charge on any atom is 0.364 e. The minimum absolute atomic E-state index is 0.0542. The van der Waals surface area contributed by atoms with Gasteiger partial charge in [-0.05, 0) is 23.1 Å². The van der Waals surface area contributed by atoms with Crippen LogP contribution in [-0.2, 0) is 9.53 Å². The van der Waals surface area contributed by atoms with Crippen molar-refractivity contribution in [3.63, 3.8) is 0 Å². The molecule has 2 aliphatic rings. The fraction of sp³-hybridized carbons (Fsp3) is 0.471. The van der Waals surface area contributed by atoms with Gasteiger partial charge >= 0.3 is 6.23 Å². The summed E-state index contributed by atoms with van der Waals surface area (Å²) in [7, 11) is 1.56. The molecule has 23 heavy (non-hydrogen) atoms. The molecule has 1 heterocycles. The molecule has 1 aromatic carbocycles. The minimum Gasteiger partial charge on any atom is -0.497 e. The summed E-state index contributed by atoms with van der Waals surface area (Å²) in [5.41, 5.74) is 0.938. The fourth-order valence-corrected chi connectivity index (χ4v) is 3.39. The number of rotatable bonds is 3. The van der Waals surface area contributed by atoms with Crippen molar-refractivity contribution in [2.24, 2.45) is 5.41 Å². The maximum absolute atomic E-state index is 12.6. The van der Waals surface area contributed by atoms with E-state index >= 15 is 0 Å². The number of carbonyl (C=O) groups is 1. The van der Waals surface area contributed by atoms with E-state index in [0.29, 0.717) is 35.5 Å². The van der Waals surface area contributed by atoms with Crippen LogP contribution in [0.5, 0.6) is 5.75 Å². The predicted octanol–water partition coefficient (Wildman–Crippen LogP) is 3.06. The van der Waals surface area contributed by atoms with Crippen LogP contribution in [0.15, 0.2) is 35.6 Å². The minimum atomic E-state index is -1.24. The number of nitrogens with zero attached hydrogens (tertiary/aromatic N) is 1. The van der Waals surface area contributed by atoms with Crippen molar-refractivity contribution in [1.29, 1.82) is 0 Å². The first-order valence-corrected chi connectivity index (χ1v) is 7.53. The molecule has 0 fully saturated rings. The summed E-state index contributed by atoms with van der Waals surface area (Å²) in [6.45, 7) is 3.94. The molecule has 1 aliphatic carbocycles. The highest BCUT2D eigenvalue weighted by atomic mass is 16.7. The number of ketones is 1. The molecule has 0 saturated carbocycles. The third kappa shape index (κ3) is 2.69. The quantitative estimate of drug-likeness (QED) is 0.632. The van der Waals surface area contributed by atoms with E-state index in [1.807, 2.05) is 13.8 Å². The molecule has 0 bridgehead atoms. The van der Waals surface area contributed by atoms with Crippen LogP contribution >= 0.6 is 0 Å². The Kier molecular flexibility index (Phi) is 3.62. The van der Waals surface area contributed by atoms with E-state index in [4.69, 9.17) is 9.47 Å². The number of hydrogen-bond donors (Lipinski definition) is 0. The SMILES string of the molecule is COc1ccc(C2C3=C(CC(C)(C)CC3=O)OC2[N+](=O)[O-])cc1. The lowest BCUT2D eigenvalue weighted by Gasteiger charge is -2.28. The number of nitro groups is 1. The zero-order valence-corrected chi connectivity index (χ0v) is 13.4. The first-order valence-electron chi connectivity index (χ1n) is 7.53. The summed E-state index contributed by atoms with van der Waals surface area (Å²) in [5, 5.41) is 11.4. The van der Waals surface area contributed by atoms with Crippen molar-refractivity contribution in [3.8, 4) is 5.75 Å². The molecule has 3 rings (SSSR count). The first kappa shape index (κ1) is 15.5. The molecule has 1 aromatic rings. The Morgan fingerprint density at radius 3 is 2.48 bits per heavy atom. The smallest absolute Gasteiger partial charge is 0.364 e. The molecule has 0 radical (unpaired) electrons. The molecule has 2 unspecified atom stereocenters. The number of methoxy groups -OCH3 is 1. The van der Waals surface area contributed by atoms with Gasteiger partial charge < -0.3 is 9.47 Å². The van der Waals surface area contributed by atoms with Crippen LogP contribution < -0.4 is 4.74 Å². The van der Waals surface area contributed by atoms with Gasteiger partial charge in [0.15, 0.2) is 5.78 Å². The van der Waals surface area contributed by atoms with E-state index in [2.05, 4.69) is 0 Å². The van der Waals surface area contributed by atoms with Crippen molar-refractivity contribution in [2.45, 2.75) is 38.8 Å². The molecule has 0 spiro atoms. The van der Waals surface area contributed by atoms with Crippen molar-refractivity contribution in [3.05, 3.63) is 51.3 Å². The van der Waals surface area contributed by atoms with Crippen molar-refractivity contribution < 1.29 is 19.2 Å². The summed E-state index contributed by atoms with van der Waals surface area (Å²) in [6.07, 6.45) is -0.316. The molecule has 122 valence electrons. The highest BCUT2D eigenvalue weighted by Gasteiger charge is 2.51. The van der Waals surface area contributed by atoms with E-state index in [0.717, 1.165) is 0 Å². The third-order valence-electron chi connectivity index (χ3n) is 4.42. The van der Waals surface area contributed by atoms with Gasteiger partial charge in [0, 0.05) is 12.8 Å². The Labute approximate surface area is 134 Å². The zero-order valence-electron chi connectivity index (χ0n) is 13.4. The number of hydrogen-bond acceptors (Lipinski definition) is 5. The Bertz CT molecular complexity index is 689. The van der Waals surface area contributed by atoms with Crippen LogP contribution in [0.1, 0.15) is 38.2 Å². The van der Waals surface area contributed by atoms with Gasteiger partial charge in [-0.3, -0.25) is 14.9 Å². The van der Waals surface area contributed by atoms with Crippen LogP contribution in [0, 0.1) is 15.5 Å². The van der Waals surface area contributed by atoms with Gasteiger partial charge in [0.1, 0.15) is 17.4 Å². The molecule has 0 amide bonds. The fourth-order valence-electron chi connectivity index (χ4n) is 3.39. The summed E-state index contributed by atoms with van der Waals surface area (Å²) in [4.78, 5) is 23.6. The molecule has 2 atom stereocenters. The Balaban J connectivity index is 2.05. The van der Waals surface area contributed by atoms with Gasteiger partial charge in [-0.15, -0.1) is 0 Å². The van der Waals surface area contributed by atoms with Gasteiger partial charge in [-0.25, -0.2) is 0 Å². The van der Waals surface area contributed by atoms with Gasteiger partial charge in [-0.1, -0.05) is 26.0 Å². The van der Waals surface area contributed by atoms with E-state index in [9.17, 15) is 14.9 Å². The van der Waals surface area contributed by atoms with E-state index in [1.165, 1.54) is 0 Å². The number of allylic oxidation sites excluding steroid dienone is 1. The molecule has 0 N–H and O–H groups in total. The third-order valence-corrected chi connectivity index (χ3v) is 4.42. The van der Waals surface area contributed by atoms with E-state index in [-0.39, 0.29) is 11.2 Å². The molecule has 0 saturated heterocycles.